The van der Waals surface area contributed by atoms with E-state index in [1.807, 2.05) is 38.1 Å². The van der Waals surface area contributed by atoms with Crippen LogP contribution in [0.15, 0.2) is 29.6 Å². The van der Waals surface area contributed by atoms with Gasteiger partial charge in [-0.05, 0) is 37.5 Å². The molecule has 2 aromatic rings. The van der Waals surface area contributed by atoms with E-state index in [1.54, 1.807) is 0 Å². The number of amides is 1. The summed E-state index contributed by atoms with van der Waals surface area (Å²) in [5.41, 5.74) is 0.136. The molecule has 0 aliphatic heterocycles. The number of ether oxygens (including phenoxy) is 1. The third-order valence-electron chi connectivity index (χ3n) is 3.90. The van der Waals surface area contributed by atoms with Gasteiger partial charge in [-0.2, -0.15) is 0 Å². The van der Waals surface area contributed by atoms with Gasteiger partial charge in [0, 0.05) is 5.38 Å². The number of carboxylic acids is 1. The Labute approximate surface area is 157 Å². The van der Waals surface area contributed by atoms with Gasteiger partial charge in [-0.25, -0.2) is 9.78 Å². The summed E-state index contributed by atoms with van der Waals surface area (Å²) in [4.78, 5) is 27.4. The van der Waals surface area contributed by atoms with Crippen LogP contribution in [0.1, 0.15) is 48.8 Å². The average molecular weight is 376 g/mol. The van der Waals surface area contributed by atoms with E-state index in [2.05, 4.69) is 24.1 Å². The minimum atomic E-state index is -1.07. The van der Waals surface area contributed by atoms with E-state index in [0.29, 0.717) is 17.5 Å². The van der Waals surface area contributed by atoms with Crippen LogP contribution in [0.2, 0.25) is 0 Å². The van der Waals surface area contributed by atoms with Crippen LogP contribution in [0.4, 0.5) is 0 Å². The molecule has 0 aliphatic rings. The van der Waals surface area contributed by atoms with Crippen LogP contribution < -0.4 is 10.1 Å². The van der Waals surface area contributed by atoms with Gasteiger partial charge in [0.25, 0.3) is 0 Å². The first-order valence-electron chi connectivity index (χ1n) is 8.39. The highest BCUT2D eigenvalue weighted by atomic mass is 32.1. The fourth-order valence-electron chi connectivity index (χ4n) is 2.23. The second-order valence-electron chi connectivity index (χ2n) is 6.97. The van der Waals surface area contributed by atoms with Crippen LogP contribution >= 0.6 is 11.3 Å². The van der Waals surface area contributed by atoms with Gasteiger partial charge in [0.05, 0.1) is 18.6 Å². The van der Waals surface area contributed by atoms with Crippen LogP contribution in [0, 0.1) is 5.92 Å². The Balaban J connectivity index is 1.98. The van der Waals surface area contributed by atoms with Crippen LogP contribution in [-0.2, 0) is 16.8 Å². The highest BCUT2D eigenvalue weighted by molar-refractivity contribution is 7.09. The first-order chi connectivity index (χ1) is 12.2. The molecule has 1 aromatic heterocycles. The molecule has 1 heterocycles. The molecule has 0 bridgehead atoms. The molecule has 0 unspecified atom stereocenters. The van der Waals surface area contributed by atoms with Crippen molar-refractivity contribution in [3.05, 3.63) is 45.9 Å². The molecule has 0 saturated heterocycles. The topological polar surface area (TPSA) is 88.5 Å². The first-order valence-corrected chi connectivity index (χ1v) is 9.27. The molecular formula is C19H24N2O4S. The standard InChI is InChI=1S/C19H24N2O4S/c1-12(2)10-25-14-7-5-13(6-8-14)19(3,4)18(24)20-9-16-21-15(11-26-16)17(22)23/h5-8,11-12H,9-10H2,1-4H3,(H,20,24)(H,22,23). The van der Waals surface area contributed by atoms with Crippen LogP contribution in [0.3, 0.4) is 0 Å². The van der Waals surface area contributed by atoms with Crippen LogP contribution in [-0.4, -0.2) is 28.6 Å². The lowest BCUT2D eigenvalue weighted by atomic mass is 9.83. The van der Waals surface area contributed by atoms with Gasteiger partial charge in [-0.1, -0.05) is 26.0 Å². The third kappa shape index (κ3) is 5.05. The van der Waals surface area contributed by atoms with Crippen molar-refractivity contribution < 1.29 is 19.4 Å². The molecule has 6 nitrogen and oxygen atoms in total. The fourth-order valence-corrected chi connectivity index (χ4v) is 2.94. The third-order valence-corrected chi connectivity index (χ3v) is 4.75. The van der Waals surface area contributed by atoms with Crippen molar-refractivity contribution >= 4 is 23.2 Å². The molecule has 2 N–H and O–H groups in total. The zero-order valence-corrected chi connectivity index (χ0v) is 16.2. The number of rotatable bonds is 8. The van der Waals surface area contributed by atoms with E-state index >= 15 is 0 Å². The maximum absolute atomic E-state index is 12.6. The number of thiazole rings is 1. The van der Waals surface area contributed by atoms with E-state index < -0.39 is 11.4 Å². The number of hydrogen-bond donors (Lipinski definition) is 2. The zero-order valence-electron chi connectivity index (χ0n) is 15.4. The van der Waals surface area contributed by atoms with Crippen molar-refractivity contribution in [1.82, 2.24) is 10.3 Å². The Bertz CT molecular complexity index is 766. The molecule has 1 aromatic carbocycles. The smallest absolute Gasteiger partial charge is 0.355 e. The monoisotopic (exact) mass is 376 g/mol. The molecule has 1 amide bonds. The highest BCUT2D eigenvalue weighted by Gasteiger charge is 2.29. The van der Waals surface area contributed by atoms with Crippen molar-refractivity contribution in [2.24, 2.45) is 5.92 Å². The van der Waals surface area contributed by atoms with Crippen LogP contribution in [0.25, 0.3) is 0 Å². The van der Waals surface area contributed by atoms with Gasteiger partial charge in [0.2, 0.25) is 5.91 Å². The summed E-state index contributed by atoms with van der Waals surface area (Å²) in [5.74, 6) is 0.00592. The number of nitrogens with one attached hydrogen (secondary N) is 1. The summed E-state index contributed by atoms with van der Waals surface area (Å²) in [6.45, 7) is 8.71. The van der Waals surface area contributed by atoms with E-state index in [-0.39, 0.29) is 18.1 Å². The maximum Gasteiger partial charge on any atom is 0.355 e. The van der Waals surface area contributed by atoms with Gasteiger partial charge in [0.15, 0.2) is 5.69 Å². The molecule has 26 heavy (non-hydrogen) atoms. The number of carbonyl (C=O) groups is 2. The van der Waals surface area contributed by atoms with Crippen molar-refractivity contribution in [1.29, 1.82) is 0 Å². The summed E-state index contributed by atoms with van der Waals surface area (Å²) in [5, 5.41) is 13.7. The molecule has 0 atom stereocenters. The summed E-state index contributed by atoms with van der Waals surface area (Å²) < 4.78 is 5.67. The molecule has 0 aliphatic carbocycles. The minimum absolute atomic E-state index is 0.00417. The highest BCUT2D eigenvalue weighted by Crippen LogP contribution is 2.26. The lowest BCUT2D eigenvalue weighted by molar-refractivity contribution is -0.125. The summed E-state index contributed by atoms with van der Waals surface area (Å²) in [6.07, 6.45) is 0. The van der Waals surface area contributed by atoms with Gasteiger partial charge in [-0.3, -0.25) is 4.79 Å². The van der Waals surface area contributed by atoms with Gasteiger partial charge in [-0.15, -0.1) is 11.3 Å². The molecule has 0 spiro atoms. The molecular weight excluding hydrogens is 352 g/mol. The van der Waals surface area contributed by atoms with Gasteiger partial charge in [0.1, 0.15) is 10.8 Å². The number of aromatic carboxylic acids is 1. The SMILES string of the molecule is CC(C)COc1ccc(C(C)(C)C(=O)NCc2nc(C(=O)O)cs2)cc1. The predicted molar refractivity (Wildman–Crippen MR) is 101 cm³/mol. The Morgan fingerprint density at radius 2 is 1.92 bits per heavy atom. The number of nitrogens with zero attached hydrogens (tertiary/aromatic N) is 1. The Morgan fingerprint density at radius 3 is 2.46 bits per heavy atom. The predicted octanol–water partition coefficient (Wildman–Crippen LogP) is 3.47. The number of carboxylic acid groups (broad SMARTS) is 1. The number of aromatic nitrogens is 1. The lowest BCUT2D eigenvalue weighted by Gasteiger charge is -2.24. The maximum atomic E-state index is 12.6. The molecule has 0 fully saturated rings. The summed E-state index contributed by atoms with van der Waals surface area (Å²) >= 11 is 1.21. The minimum Gasteiger partial charge on any atom is -0.493 e. The molecule has 140 valence electrons. The normalized spacial score (nSPS) is 11.4. The number of benzene rings is 1. The van der Waals surface area contributed by atoms with Crippen LogP contribution in [0.5, 0.6) is 5.75 Å². The number of hydrogen-bond acceptors (Lipinski definition) is 5. The van der Waals surface area contributed by atoms with Gasteiger partial charge < -0.3 is 15.2 Å². The van der Waals surface area contributed by atoms with Crippen molar-refractivity contribution in [2.45, 2.75) is 39.7 Å². The first kappa shape index (κ1) is 19.9. The van der Waals surface area contributed by atoms with E-state index in [1.165, 1.54) is 16.7 Å². The fraction of sp³-hybridized carbons (Fsp3) is 0.421. The second-order valence-corrected chi connectivity index (χ2v) is 7.91. The van der Waals surface area contributed by atoms with Crippen molar-refractivity contribution in [3.63, 3.8) is 0 Å². The van der Waals surface area contributed by atoms with Crippen molar-refractivity contribution in [3.8, 4) is 5.75 Å². The Morgan fingerprint density at radius 1 is 1.27 bits per heavy atom. The zero-order chi connectivity index (χ0) is 19.3. The summed E-state index contributed by atoms with van der Waals surface area (Å²) in [7, 11) is 0. The summed E-state index contributed by atoms with van der Waals surface area (Å²) in [6, 6.07) is 7.52. The van der Waals surface area contributed by atoms with E-state index in [9.17, 15) is 9.59 Å². The lowest BCUT2D eigenvalue weighted by Crippen LogP contribution is -2.39. The van der Waals surface area contributed by atoms with Crippen molar-refractivity contribution in [2.75, 3.05) is 6.61 Å². The van der Waals surface area contributed by atoms with E-state index in [4.69, 9.17) is 9.84 Å². The van der Waals surface area contributed by atoms with E-state index in [0.717, 1.165) is 11.3 Å². The van der Waals surface area contributed by atoms with Gasteiger partial charge >= 0.3 is 5.97 Å². The second kappa shape index (κ2) is 8.31. The quantitative estimate of drug-likeness (QED) is 0.736. The molecule has 7 heteroatoms. The average Bonchev–Trinajstić information content (AvgIpc) is 3.07. The Kier molecular flexibility index (Phi) is 6.37. The molecule has 0 radical (unpaired) electrons. The number of carbonyl (C=O) groups excluding carboxylic acids is 1. The Hall–Kier alpha value is -2.41. The molecule has 2 rings (SSSR count). The largest absolute Gasteiger partial charge is 0.493 e. The molecule has 0 saturated carbocycles.